The van der Waals surface area contributed by atoms with Gasteiger partial charge in [0, 0.05) is 31.0 Å². The SMILES string of the molecule is COc1ccc(NC(=O)NC[C@@H]2CCN(c3ccccc3)C2)c(C)c1. The van der Waals surface area contributed by atoms with E-state index in [-0.39, 0.29) is 6.03 Å². The van der Waals surface area contributed by atoms with Crippen LogP contribution < -0.4 is 20.3 Å². The van der Waals surface area contributed by atoms with E-state index in [1.165, 1.54) is 5.69 Å². The molecule has 0 saturated carbocycles. The number of aryl methyl sites for hydroxylation is 1. The Kier molecular flexibility index (Phi) is 5.43. The van der Waals surface area contributed by atoms with Crippen LogP contribution in [0.4, 0.5) is 16.2 Å². The Balaban J connectivity index is 1.47. The van der Waals surface area contributed by atoms with Gasteiger partial charge in [-0.15, -0.1) is 0 Å². The highest BCUT2D eigenvalue weighted by atomic mass is 16.5. The summed E-state index contributed by atoms with van der Waals surface area (Å²) in [6.07, 6.45) is 1.09. The van der Waals surface area contributed by atoms with Gasteiger partial charge in [0.1, 0.15) is 5.75 Å². The van der Waals surface area contributed by atoms with Gasteiger partial charge in [-0.25, -0.2) is 4.79 Å². The highest BCUT2D eigenvalue weighted by Crippen LogP contribution is 2.23. The van der Waals surface area contributed by atoms with E-state index in [2.05, 4.69) is 39.8 Å². The zero-order valence-electron chi connectivity index (χ0n) is 14.8. The monoisotopic (exact) mass is 339 g/mol. The van der Waals surface area contributed by atoms with Crippen LogP contribution in [-0.2, 0) is 0 Å². The Hall–Kier alpha value is -2.69. The van der Waals surface area contributed by atoms with Crippen molar-refractivity contribution in [3.8, 4) is 5.75 Å². The fraction of sp³-hybridized carbons (Fsp3) is 0.350. The lowest BCUT2D eigenvalue weighted by atomic mass is 10.1. The number of methoxy groups -OCH3 is 1. The molecule has 1 saturated heterocycles. The molecule has 0 unspecified atom stereocenters. The van der Waals surface area contributed by atoms with Crippen LogP contribution >= 0.6 is 0 Å². The highest BCUT2D eigenvalue weighted by Gasteiger charge is 2.23. The molecule has 0 aliphatic carbocycles. The molecule has 5 nitrogen and oxygen atoms in total. The first-order chi connectivity index (χ1) is 12.2. The number of carbonyl (C=O) groups is 1. The number of amides is 2. The second-order valence-electron chi connectivity index (χ2n) is 6.45. The van der Waals surface area contributed by atoms with Crippen LogP contribution in [0.3, 0.4) is 0 Å². The molecule has 132 valence electrons. The first kappa shape index (κ1) is 17.1. The van der Waals surface area contributed by atoms with E-state index >= 15 is 0 Å². The number of anilines is 2. The molecule has 2 aromatic rings. The summed E-state index contributed by atoms with van der Waals surface area (Å²) in [5.74, 6) is 1.26. The molecule has 0 spiro atoms. The summed E-state index contributed by atoms with van der Waals surface area (Å²) in [7, 11) is 1.63. The van der Waals surface area contributed by atoms with Crippen molar-refractivity contribution in [2.24, 2.45) is 5.92 Å². The maximum atomic E-state index is 12.2. The van der Waals surface area contributed by atoms with Gasteiger partial charge in [0.25, 0.3) is 0 Å². The first-order valence-electron chi connectivity index (χ1n) is 8.65. The van der Waals surface area contributed by atoms with Crippen LogP contribution in [0.1, 0.15) is 12.0 Å². The number of ether oxygens (including phenoxy) is 1. The van der Waals surface area contributed by atoms with Crippen molar-refractivity contribution in [2.75, 3.05) is 37.0 Å². The summed E-state index contributed by atoms with van der Waals surface area (Å²) in [4.78, 5) is 14.5. The van der Waals surface area contributed by atoms with Gasteiger partial charge in [-0.3, -0.25) is 0 Å². The number of benzene rings is 2. The number of urea groups is 1. The predicted octanol–water partition coefficient (Wildman–Crippen LogP) is 3.65. The number of hydrogen-bond acceptors (Lipinski definition) is 3. The summed E-state index contributed by atoms with van der Waals surface area (Å²) in [5, 5.41) is 5.90. The third-order valence-electron chi connectivity index (χ3n) is 4.64. The number of carbonyl (C=O) groups excluding carboxylic acids is 1. The van der Waals surface area contributed by atoms with E-state index in [1.54, 1.807) is 7.11 Å². The third-order valence-corrected chi connectivity index (χ3v) is 4.64. The summed E-state index contributed by atoms with van der Waals surface area (Å²) >= 11 is 0. The lowest BCUT2D eigenvalue weighted by Crippen LogP contribution is -2.34. The van der Waals surface area contributed by atoms with Crippen molar-refractivity contribution in [1.82, 2.24) is 5.32 Å². The molecular formula is C20H25N3O2. The molecule has 2 N–H and O–H groups in total. The first-order valence-corrected chi connectivity index (χ1v) is 8.65. The Morgan fingerprint density at radius 2 is 2.04 bits per heavy atom. The van der Waals surface area contributed by atoms with Crippen molar-refractivity contribution in [3.63, 3.8) is 0 Å². The molecule has 25 heavy (non-hydrogen) atoms. The molecule has 2 amide bonds. The lowest BCUT2D eigenvalue weighted by molar-refractivity contribution is 0.250. The van der Waals surface area contributed by atoms with Crippen molar-refractivity contribution >= 4 is 17.4 Å². The van der Waals surface area contributed by atoms with Crippen LogP contribution in [-0.4, -0.2) is 32.8 Å². The predicted molar refractivity (Wildman–Crippen MR) is 102 cm³/mol. The van der Waals surface area contributed by atoms with Crippen molar-refractivity contribution in [3.05, 3.63) is 54.1 Å². The molecule has 1 fully saturated rings. The second-order valence-corrected chi connectivity index (χ2v) is 6.45. The Bertz CT molecular complexity index is 718. The average molecular weight is 339 g/mol. The molecular weight excluding hydrogens is 314 g/mol. The van der Waals surface area contributed by atoms with E-state index in [0.717, 1.165) is 36.5 Å². The minimum atomic E-state index is -0.161. The van der Waals surface area contributed by atoms with Gasteiger partial charge in [-0.05, 0) is 55.2 Å². The van der Waals surface area contributed by atoms with Crippen molar-refractivity contribution in [2.45, 2.75) is 13.3 Å². The van der Waals surface area contributed by atoms with Crippen LogP contribution in [0.15, 0.2) is 48.5 Å². The quantitative estimate of drug-likeness (QED) is 0.874. The van der Waals surface area contributed by atoms with Crippen LogP contribution in [0.5, 0.6) is 5.75 Å². The topological polar surface area (TPSA) is 53.6 Å². The summed E-state index contributed by atoms with van der Waals surface area (Å²) in [6, 6.07) is 15.9. The number of hydrogen-bond donors (Lipinski definition) is 2. The summed E-state index contributed by atoms with van der Waals surface area (Å²) in [5.41, 5.74) is 3.03. The minimum absolute atomic E-state index is 0.161. The molecule has 2 aromatic carbocycles. The maximum Gasteiger partial charge on any atom is 0.319 e. The van der Waals surface area contributed by atoms with Crippen LogP contribution in [0, 0.1) is 12.8 Å². The van der Waals surface area contributed by atoms with E-state index < -0.39 is 0 Å². The fourth-order valence-corrected chi connectivity index (χ4v) is 3.18. The number of para-hydroxylation sites is 1. The van der Waals surface area contributed by atoms with Gasteiger partial charge in [-0.1, -0.05) is 18.2 Å². The average Bonchev–Trinajstić information content (AvgIpc) is 3.11. The molecule has 0 bridgehead atoms. The highest BCUT2D eigenvalue weighted by molar-refractivity contribution is 5.90. The Morgan fingerprint density at radius 1 is 1.24 bits per heavy atom. The standard InChI is InChI=1S/C20H25N3O2/c1-15-12-18(25-2)8-9-19(15)22-20(24)21-13-16-10-11-23(14-16)17-6-4-3-5-7-17/h3-9,12,16H,10-11,13-14H2,1-2H3,(H2,21,22,24)/t16-/m0/s1. The molecule has 3 rings (SSSR count). The zero-order chi connectivity index (χ0) is 17.6. The van der Waals surface area contributed by atoms with Crippen LogP contribution in [0.2, 0.25) is 0 Å². The minimum Gasteiger partial charge on any atom is -0.497 e. The molecule has 5 heteroatoms. The summed E-state index contributed by atoms with van der Waals surface area (Å²) in [6.45, 7) is 4.65. The van der Waals surface area contributed by atoms with E-state index in [0.29, 0.717) is 12.5 Å². The number of nitrogens with zero attached hydrogens (tertiary/aromatic N) is 1. The molecule has 0 radical (unpaired) electrons. The maximum absolute atomic E-state index is 12.2. The van der Waals surface area contributed by atoms with Gasteiger partial charge in [-0.2, -0.15) is 0 Å². The Morgan fingerprint density at radius 3 is 2.76 bits per heavy atom. The third kappa shape index (κ3) is 4.44. The van der Waals surface area contributed by atoms with Gasteiger partial charge in [0.15, 0.2) is 0 Å². The molecule has 1 heterocycles. The van der Waals surface area contributed by atoms with Gasteiger partial charge in [0.2, 0.25) is 0 Å². The van der Waals surface area contributed by atoms with Crippen LogP contribution in [0.25, 0.3) is 0 Å². The van der Waals surface area contributed by atoms with Crippen molar-refractivity contribution < 1.29 is 9.53 Å². The summed E-state index contributed by atoms with van der Waals surface area (Å²) < 4.78 is 5.18. The van der Waals surface area contributed by atoms with Crippen molar-refractivity contribution in [1.29, 1.82) is 0 Å². The van der Waals surface area contributed by atoms with Gasteiger partial charge in [0.05, 0.1) is 7.11 Å². The largest absolute Gasteiger partial charge is 0.497 e. The molecule has 1 aliphatic rings. The zero-order valence-corrected chi connectivity index (χ0v) is 14.8. The Labute approximate surface area is 149 Å². The van der Waals surface area contributed by atoms with E-state index in [1.807, 2.05) is 31.2 Å². The van der Waals surface area contributed by atoms with Gasteiger partial charge >= 0.3 is 6.03 Å². The molecule has 1 aliphatic heterocycles. The van der Waals surface area contributed by atoms with E-state index in [4.69, 9.17) is 4.74 Å². The second kappa shape index (κ2) is 7.92. The smallest absolute Gasteiger partial charge is 0.319 e. The van der Waals surface area contributed by atoms with E-state index in [9.17, 15) is 4.79 Å². The lowest BCUT2D eigenvalue weighted by Gasteiger charge is -2.19. The molecule has 0 aromatic heterocycles. The molecule has 1 atom stereocenters. The number of rotatable bonds is 5. The van der Waals surface area contributed by atoms with Gasteiger partial charge < -0.3 is 20.3 Å². The normalized spacial score (nSPS) is 16.6. The fourth-order valence-electron chi connectivity index (χ4n) is 3.18. The number of nitrogens with one attached hydrogen (secondary N) is 2.